The minimum Gasteiger partial charge on any atom is -0.355 e. The predicted molar refractivity (Wildman–Crippen MR) is 74.4 cm³/mol. The summed E-state index contributed by atoms with van der Waals surface area (Å²) in [6, 6.07) is 0.566. The molecule has 0 aromatic carbocycles. The van der Waals surface area contributed by atoms with E-state index in [0.717, 1.165) is 24.8 Å². The summed E-state index contributed by atoms with van der Waals surface area (Å²) < 4.78 is 0. The molecule has 0 aliphatic heterocycles. The highest BCUT2D eigenvalue weighted by molar-refractivity contribution is 5.81. The Morgan fingerprint density at radius 2 is 2.11 bits per heavy atom. The molecule has 2 aliphatic carbocycles. The van der Waals surface area contributed by atoms with Crippen LogP contribution in [0.2, 0.25) is 0 Å². The van der Waals surface area contributed by atoms with Crippen molar-refractivity contribution in [2.75, 3.05) is 6.54 Å². The number of rotatable bonds is 7. The molecule has 0 spiro atoms. The van der Waals surface area contributed by atoms with Gasteiger partial charge >= 0.3 is 0 Å². The second-order valence-corrected chi connectivity index (χ2v) is 6.17. The number of carbonyl (C=O) groups is 1. The van der Waals surface area contributed by atoms with Gasteiger partial charge in [-0.25, -0.2) is 0 Å². The maximum absolute atomic E-state index is 11.9. The standard InChI is InChI=1S/C15H28N2O/c1-3-4-5-8-16-15(18)11(2)17-14-10-12-6-7-13(14)9-12/h11-14,17H,3-10H2,1-2H3,(H,16,18). The Morgan fingerprint density at radius 3 is 2.72 bits per heavy atom. The Balaban J connectivity index is 1.64. The molecule has 104 valence electrons. The molecule has 0 aromatic rings. The molecule has 18 heavy (non-hydrogen) atoms. The summed E-state index contributed by atoms with van der Waals surface area (Å²) in [5.74, 6) is 1.95. The molecule has 0 aromatic heterocycles. The van der Waals surface area contributed by atoms with Gasteiger partial charge < -0.3 is 10.6 Å². The Labute approximate surface area is 111 Å². The van der Waals surface area contributed by atoms with Gasteiger partial charge in [0.15, 0.2) is 0 Å². The van der Waals surface area contributed by atoms with E-state index in [1.54, 1.807) is 0 Å². The van der Waals surface area contributed by atoms with Crippen LogP contribution in [0.1, 0.15) is 58.8 Å². The lowest BCUT2D eigenvalue weighted by Gasteiger charge is -2.26. The number of unbranched alkanes of at least 4 members (excludes halogenated alkanes) is 2. The number of fused-ring (bicyclic) bond motifs is 2. The second-order valence-electron chi connectivity index (χ2n) is 6.17. The third-order valence-electron chi connectivity index (χ3n) is 4.68. The van der Waals surface area contributed by atoms with E-state index in [1.165, 1.54) is 38.5 Å². The van der Waals surface area contributed by atoms with Crippen molar-refractivity contribution in [1.82, 2.24) is 10.6 Å². The van der Waals surface area contributed by atoms with Crippen molar-refractivity contribution in [2.24, 2.45) is 11.8 Å². The molecule has 3 heteroatoms. The Bertz CT molecular complexity index is 280. The maximum Gasteiger partial charge on any atom is 0.236 e. The fourth-order valence-corrected chi connectivity index (χ4v) is 3.59. The van der Waals surface area contributed by atoms with Crippen LogP contribution in [-0.2, 0) is 4.79 Å². The van der Waals surface area contributed by atoms with Gasteiger partial charge in [0.1, 0.15) is 0 Å². The smallest absolute Gasteiger partial charge is 0.236 e. The number of amides is 1. The third-order valence-corrected chi connectivity index (χ3v) is 4.68. The second kappa shape index (κ2) is 6.55. The largest absolute Gasteiger partial charge is 0.355 e. The Kier molecular flexibility index (Phi) is 5.04. The van der Waals surface area contributed by atoms with Crippen LogP contribution < -0.4 is 10.6 Å². The van der Waals surface area contributed by atoms with Gasteiger partial charge in [-0.1, -0.05) is 26.2 Å². The van der Waals surface area contributed by atoms with E-state index in [0.29, 0.717) is 6.04 Å². The topological polar surface area (TPSA) is 41.1 Å². The Morgan fingerprint density at radius 1 is 1.28 bits per heavy atom. The first-order valence-electron chi connectivity index (χ1n) is 7.74. The molecule has 4 unspecified atom stereocenters. The highest BCUT2D eigenvalue weighted by Crippen LogP contribution is 2.44. The first-order chi connectivity index (χ1) is 8.70. The average Bonchev–Trinajstić information content (AvgIpc) is 2.96. The first-order valence-corrected chi connectivity index (χ1v) is 7.74. The zero-order chi connectivity index (χ0) is 13.0. The zero-order valence-corrected chi connectivity index (χ0v) is 11.9. The quantitative estimate of drug-likeness (QED) is 0.683. The molecule has 1 amide bonds. The molecular formula is C15H28N2O. The molecule has 0 heterocycles. The molecular weight excluding hydrogens is 224 g/mol. The van der Waals surface area contributed by atoms with Crippen molar-refractivity contribution in [3.8, 4) is 0 Å². The molecule has 2 bridgehead atoms. The number of carbonyl (C=O) groups excluding carboxylic acids is 1. The van der Waals surface area contributed by atoms with E-state index in [9.17, 15) is 4.79 Å². The third kappa shape index (κ3) is 3.47. The van der Waals surface area contributed by atoms with Crippen LogP contribution >= 0.6 is 0 Å². The van der Waals surface area contributed by atoms with E-state index in [-0.39, 0.29) is 11.9 Å². The van der Waals surface area contributed by atoms with Crippen molar-refractivity contribution in [1.29, 1.82) is 0 Å². The molecule has 2 rings (SSSR count). The van der Waals surface area contributed by atoms with E-state index in [1.807, 2.05) is 6.92 Å². The molecule has 2 fully saturated rings. The molecule has 3 nitrogen and oxygen atoms in total. The summed E-state index contributed by atoms with van der Waals surface area (Å²) in [7, 11) is 0. The maximum atomic E-state index is 11.9. The fourth-order valence-electron chi connectivity index (χ4n) is 3.59. The lowest BCUT2D eigenvalue weighted by molar-refractivity contribution is -0.123. The summed E-state index contributed by atoms with van der Waals surface area (Å²) in [6.07, 6.45) is 8.97. The minimum absolute atomic E-state index is 0.0315. The number of hydrogen-bond donors (Lipinski definition) is 2. The zero-order valence-electron chi connectivity index (χ0n) is 11.9. The lowest BCUT2D eigenvalue weighted by Crippen LogP contribution is -2.48. The molecule has 0 radical (unpaired) electrons. The van der Waals surface area contributed by atoms with Gasteiger partial charge in [-0.15, -0.1) is 0 Å². The Hall–Kier alpha value is -0.570. The van der Waals surface area contributed by atoms with Gasteiger partial charge in [0.2, 0.25) is 5.91 Å². The van der Waals surface area contributed by atoms with E-state index >= 15 is 0 Å². The molecule has 0 saturated heterocycles. The highest BCUT2D eigenvalue weighted by atomic mass is 16.2. The van der Waals surface area contributed by atoms with Gasteiger partial charge in [0.05, 0.1) is 6.04 Å². The van der Waals surface area contributed by atoms with Crippen LogP contribution in [0, 0.1) is 11.8 Å². The van der Waals surface area contributed by atoms with Crippen LogP contribution in [0.25, 0.3) is 0 Å². The van der Waals surface area contributed by atoms with Gasteiger partial charge in [-0.05, 0) is 44.4 Å². The van der Waals surface area contributed by atoms with E-state index in [4.69, 9.17) is 0 Å². The minimum atomic E-state index is -0.0315. The predicted octanol–water partition coefficient (Wildman–Crippen LogP) is 2.46. The monoisotopic (exact) mass is 252 g/mol. The summed E-state index contributed by atoms with van der Waals surface area (Å²) in [5, 5.41) is 6.57. The van der Waals surface area contributed by atoms with Crippen LogP contribution in [0.3, 0.4) is 0 Å². The number of hydrogen-bond acceptors (Lipinski definition) is 2. The normalized spacial score (nSPS) is 31.6. The molecule has 2 aliphatic rings. The van der Waals surface area contributed by atoms with E-state index in [2.05, 4.69) is 17.6 Å². The van der Waals surface area contributed by atoms with Gasteiger partial charge in [0, 0.05) is 12.6 Å². The number of nitrogens with one attached hydrogen (secondary N) is 2. The fraction of sp³-hybridized carbons (Fsp3) is 0.933. The average molecular weight is 252 g/mol. The summed E-state index contributed by atoms with van der Waals surface area (Å²) >= 11 is 0. The molecule has 2 saturated carbocycles. The van der Waals surface area contributed by atoms with Crippen molar-refractivity contribution in [3.05, 3.63) is 0 Å². The van der Waals surface area contributed by atoms with Crippen LogP contribution in [0.4, 0.5) is 0 Å². The van der Waals surface area contributed by atoms with Crippen LogP contribution in [0.15, 0.2) is 0 Å². The summed E-state index contributed by atoms with van der Waals surface area (Å²) in [6.45, 7) is 5.01. The van der Waals surface area contributed by atoms with Crippen LogP contribution in [-0.4, -0.2) is 24.5 Å². The van der Waals surface area contributed by atoms with Gasteiger partial charge in [-0.3, -0.25) is 4.79 Å². The SMILES string of the molecule is CCCCCNC(=O)C(C)NC1CC2CCC1C2. The molecule has 4 atom stereocenters. The summed E-state index contributed by atoms with van der Waals surface area (Å²) in [4.78, 5) is 11.9. The van der Waals surface area contributed by atoms with Gasteiger partial charge in [0.25, 0.3) is 0 Å². The van der Waals surface area contributed by atoms with Crippen molar-refractivity contribution < 1.29 is 4.79 Å². The van der Waals surface area contributed by atoms with Crippen molar-refractivity contribution in [3.63, 3.8) is 0 Å². The summed E-state index contributed by atoms with van der Waals surface area (Å²) in [5.41, 5.74) is 0. The van der Waals surface area contributed by atoms with Gasteiger partial charge in [-0.2, -0.15) is 0 Å². The van der Waals surface area contributed by atoms with Crippen molar-refractivity contribution >= 4 is 5.91 Å². The first kappa shape index (κ1) is 13.9. The van der Waals surface area contributed by atoms with Crippen LogP contribution in [0.5, 0.6) is 0 Å². The highest BCUT2D eigenvalue weighted by Gasteiger charge is 2.40. The van der Waals surface area contributed by atoms with Crippen molar-refractivity contribution in [2.45, 2.75) is 70.9 Å². The lowest BCUT2D eigenvalue weighted by atomic mass is 9.95. The molecule has 2 N–H and O–H groups in total. The van der Waals surface area contributed by atoms with E-state index < -0.39 is 0 Å².